The van der Waals surface area contributed by atoms with Gasteiger partial charge in [-0.15, -0.1) is 0 Å². The standard InChI is InChI=1S/C38H39Cl4N2O3S/c1-48-18-4-2-3-17-46-38(45)29-28(30(39)32(41)33(42)31(29)40)27-25-19-21-9-5-13-43-15-7-11-23(34(21)43)36(25)47-37-24-12-8-16-44-14-6-10-22(35(24)44)20-26(27)37/h19-20H,2-18H2,1H3/q+1. The number of nitrogens with zero attached hydrogens (tertiary/aromatic N) is 2. The van der Waals surface area contributed by atoms with Crippen LogP contribution in [0.1, 0.15) is 88.7 Å². The van der Waals surface area contributed by atoms with E-state index in [2.05, 4.69) is 27.9 Å². The first-order chi connectivity index (χ1) is 23.4. The average Bonchev–Trinajstić information content (AvgIpc) is 3.10. The summed E-state index contributed by atoms with van der Waals surface area (Å²) in [4.78, 5) is 16.7. The van der Waals surface area contributed by atoms with E-state index in [0.29, 0.717) is 5.56 Å². The fourth-order valence-electron chi connectivity index (χ4n) is 8.60. The van der Waals surface area contributed by atoms with Gasteiger partial charge in [0, 0.05) is 64.7 Å². The largest absolute Gasteiger partial charge is 0.462 e. The number of thioether (sulfide) groups is 1. The van der Waals surface area contributed by atoms with Crippen LogP contribution in [-0.2, 0) is 30.4 Å². The molecule has 0 radical (unpaired) electrons. The molecule has 0 atom stereocenters. The summed E-state index contributed by atoms with van der Waals surface area (Å²) in [6.45, 7) is 4.51. The highest BCUT2D eigenvalue weighted by Crippen LogP contribution is 2.52. The van der Waals surface area contributed by atoms with Crippen LogP contribution in [0.4, 0.5) is 5.69 Å². The van der Waals surface area contributed by atoms with Crippen molar-refractivity contribution in [1.82, 2.24) is 4.58 Å². The number of aryl methyl sites for hydroxylation is 2. The van der Waals surface area contributed by atoms with Crippen LogP contribution >= 0.6 is 58.2 Å². The lowest BCUT2D eigenvalue weighted by atomic mass is 9.81. The Hall–Kier alpha value is -2.09. The molecular weight excluding hydrogens is 706 g/mol. The number of carbonyl (C=O) groups excluding carboxylic acids is 1. The van der Waals surface area contributed by atoms with E-state index in [-0.39, 0.29) is 32.3 Å². The summed E-state index contributed by atoms with van der Waals surface area (Å²) < 4.78 is 15.6. The van der Waals surface area contributed by atoms with E-state index in [0.717, 1.165) is 130 Å². The van der Waals surface area contributed by atoms with Crippen molar-refractivity contribution in [3.63, 3.8) is 0 Å². The van der Waals surface area contributed by atoms with Crippen molar-refractivity contribution >= 4 is 75.4 Å². The lowest BCUT2D eigenvalue weighted by Crippen LogP contribution is -2.45. The molecule has 0 unspecified atom stereocenters. The van der Waals surface area contributed by atoms with Crippen LogP contribution in [0.3, 0.4) is 0 Å². The maximum Gasteiger partial charge on any atom is 0.340 e. The SMILES string of the molecule is CSCCCCCOC(=O)c1c(Cl)c(Cl)c(Cl)c(Cl)c1C1=c2cc3c4c(c2Oc2c1cc1c5c2CCCN5CCC1)CCC[N+]=4CCC3. The van der Waals surface area contributed by atoms with Gasteiger partial charge in [0.05, 0.1) is 37.8 Å². The van der Waals surface area contributed by atoms with E-state index in [4.69, 9.17) is 55.9 Å². The molecule has 0 bridgehead atoms. The molecule has 0 N–H and O–H groups in total. The molecule has 0 spiro atoms. The van der Waals surface area contributed by atoms with Crippen molar-refractivity contribution < 1.29 is 14.3 Å². The van der Waals surface area contributed by atoms with Gasteiger partial charge in [-0.05, 0) is 87.5 Å². The molecule has 0 amide bonds. The Balaban J connectivity index is 1.42. The lowest BCUT2D eigenvalue weighted by molar-refractivity contribution is 0.0498. The zero-order chi connectivity index (χ0) is 33.1. The monoisotopic (exact) mass is 743 g/mol. The van der Waals surface area contributed by atoms with Crippen LogP contribution in [0, 0.1) is 0 Å². The molecule has 0 fully saturated rings. The van der Waals surface area contributed by atoms with Crippen molar-refractivity contribution in [3.05, 3.63) is 81.7 Å². The highest BCUT2D eigenvalue weighted by Gasteiger charge is 2.38. The quantitative estimate of drug-likeness (QED) is 0.0596. The number of halogens is 4. The van der Waals surface area contributed by atoms with Crippen molar-refractivity contribution in [2.75, 3.05) is 49.7 Å². The van der Waals surface area contributed by atoms with Gasteiger partial charge in [0.15, 0.2) is 0 Å². The number of rotatable bonds is 8. The van der Waals surface area contributed by atoms with Gasteiger partial charge in [0.2, 0.25) is 5.36 Å². The second-order valence-electron chi connectivity index (χ2n) is 13.5. The minimum atomic E-state index is -0.543. The molecule has 5 aliphatic rings. The Morgan fingerprint density at radius 3 is 2.40 bits per heavy atom. The normalized spacial score (nSPS) is 17.3. The van der Waals surface area contributed by atoms with E-state index >= 15 is 0 Å². The number of ether oxygens (including phenoxy) is 2. The molecule has 48 heavy (non-hydrogen) atoms. The number of hydrogen-bond acceptors (Lipinski definition) is 5. The fraction of sp³-hybridized carbons (Fsp3) is 0.474. The Bertz CT molecular complexity index is 1990. The Labute approximate surface area is 306 Å². The maximum atomic E-state index is 14.1. The highest BCUT2D eigenvalue weighted by molar-refractivity contribution is 7.98. The first-order valence-electron chi connectivity index (χ1n) is 17.3. The number of carbonyl (C=O) groups is 1. The van der Waals surface area contributed by atoms with Gasteiger partial charge in [0.1, 0.15) is 24.6 Å². The van der Waals surface area contributed by atoms with Crippen LogP contribution in [-0.4, -0.2) is 50.8 Å². The van der Waals surface area contributed by atoms with Crippen LogP contribution in [0.15, 0.2) is 12.1 Å². The first-order valence-corrected chi connectivity index (χ1v) is 20.2. The van der Waals surface area contributed by atoms with Gasteiger partial charge < -0.3 is 14.4 Å². The average molecular weight is 746 g/mol. The van der Waals surface area contributed by atoms with Crippen molar-refractivity contribution in [2.24, 2.45) is 0 Å². The summed E-state index contributed by atoms with van der Waals surface area (Å²) in [5, 5.41) is 2.70. The summed E-state index contributed by atoms with van der Waals surface area (Å²) in [5.74, 6) is 2.26. The maximum absolute atomic E-state index is 14.1. The molecule has 3 aromatic rings. The van der Waals surface area contributed by atoms with E-state index < -0.39 is 5.97 Å². The highest BCUT2D eigenvalue weighted by atomic mass is 35.5. The van der Waals surface area contributed by atoms with E-state index in [1.807, 2.05) is 11.8 Å². The van der Waals surface area contributed by atoms with Crippen molar-refractivity contribution in [1.29, 1.82) is 0 Å². The minimum absolute atomic E-state index is 0.0551. The van der Waals surface area contributed by atoms with E-state index in [1.165, 1.54) is 33.3 Å². The minimum Gasteiger partial charge on any atom is -0.462 e. The van der Waals surface area contributed by atoms with Crippen molar-refractivity contribution in [2.45, 2.75) is 70.6 Å². The third-order valence-electron chi connectivity index (χ3n) is 10.6. The van der Waals surface area contributed by atoms with Crippen LogP contribution in [0.5, 0.6) is 11.5 Å². The molecule has 252 valence electrons. The number of hydrogen-bond donors (Lipinski definition) is 0. The third kappa shape index (κ3) is 5.44. The van der Waals surface area contributed by atoms with Gasteiger partial charge in [-0.2, -0.15) is 11.8 Å². The Kier molecular flexibility index (Phi) is 9.34. The predicted molar refractivity (Wildman–Crippen MR) is 199 cm³/mol. The number of fused-ring (bicyclic) bond motifs is 4. The zero-order valence-electron chi connectivity index (χ0n) is 27.2. The third-order valence-corrected chi connectivity index (χ3v) is 13.1. The van der Waals surface area contributed by atoms with Crippen LogP contribution in [0.2, 0.25) is 20.1 Å². The lowest BCUT2D eigenvalue weighted by Gasteiger charge is -2.39. The smallest absolute Gasteiger partial charge is 0.340 e. The molecule has 3 aromatic carbocycles. The van der Waals surface area contributed by atoms with Gasteiger partial charge in [0.25, 0.3) is 0 Å². The zero-order valence-corrected chi connectivity index (χ0v) is 31.1. The summed E-state index contributed by atoms with van der Waals surface area (Å²) in [6.07, 6.45) is 13.1. The van der Waals surface area contributed by atoms with Crippen molar-refractivity contribution in [3.8, 4) is 11.5 Å². The molecule has 0 aromatic heterocycles. The second kappa shape index (κ2) is 13.6. The molecule has 10 heteroatoms. The second-order valence-corrected chi connectivity index (χ2v) is 16.0. The first kappa shape index (κ1) is 33.1. The number of benzene rings is 3. The molecule has 0 aliphatic carbocycles. The van der Waals surface area contributed by atoms with Gasteiger partial charge in [-0.3, -0.25) is 0 Å². The molecule has 5 nitrogen and oxygen atoms in total. The molecule has 0 saturated carbocycles. The summed E-state index contributed by atoms with van der Waals surface area (Å²) in [6, 6.07) is 4.55. The molecule has 5 heterocycles. The summed E-state index contributed by atoms with van der Waals surface area (Å²) in [5.41, 5.74) is 8.81. The van der Waals surface area contributed by atoms with Crippen LogP contribution < -0.4 is 24.8 Å². The van der Waals surface area contributed by atoms with Gasteiger partial charge in [-0.25, -0.2) is 9.37 Å². The summed E-state index contributed by atoms with van der Waals surface area (Å²) >= 11 is 29.6. The molecular formula is C38H39Cl4N2O3S+. The summed E-state index contributed by atoms with van der Waals surface area (Å²) in [7, 11) is 0. The topological polar surface area (TPSA) is 41.8 Å². The number of unbranched alkanes of at least 4 members (excludes halogenated alkanes) is 2. The Morgan fingerprint density at radius 2 is 1.58 bits per heavy atom. The fourth-order valence-corrected chi connectivity index (χ4v) is 10.1. The molecule has 8 rings (SSSR count). The van der Waals surface area contributed by atoms with Gasteiger partial charge >= 0.3 is 5.97 Å². The van der Waals surface area contributed by atoms with E-state index in [1.54, 1.807) is 0 Å². The van der Waals surface area contributed by atoms with E-state index in [9.17, 15) is 4.79 Å². The number of anilines is 1. The molecule has 5 aliphatic heterocycles. The predicted octanol–water partition coefficient (Wildman–Crippen LogP) is 8.43. The number of esters is 1. The molecule has 0 saturated heterocycles. The van der Waals surface area contributed by atoms with Crippen LogP contribution in [0.25, 0.3) is 5.57 Å². The van der Waals surface area contributed by atoms with Gasteiger partial charge in [-0.1, -0.05) is 46.4 Å². The Morgan fingerprint density at radius 1 is 0.854 bits per heavy atom.